The highest BCUT2D eigenvalue weighted by Gasteiger charge is 2.13. The molecule has 43 heavy (non-hydrogen) atoms. The van der Waals surface area contributed by atoms with Crippen LogP contribution in [0.1, 0.15) is 0 Å². The quantitative estimate of drug-likeness (QED) is 0.214. The van der Waals surface area contributed by atoms with Crippen LogP contribution >= 0.6 is 0 Å². The fraction of sp³-hybridized carbons (Fsp3) is 0. The minimum Gasteiger partial charge on any atom is -0.456 e. The number of para-hydroxylation sites is 1. The summed E-state index contributed by atoms with van der Waals surface area (Å²) in [5, 5.41) is 2.25. The lowest BCUT2D eigenvalue weighted by Crippen LogP contribution is -1.96. The third-order valence-electron chi connectivity index (χ3n) is 7.77. The fourth-order valence-corrected chi connectivity index (χ4v) is 5.57. The van der Waals surface area contributed by atoms with Crippen molar-refractivity contribution in [3.05, 3.63) is 152 Å². The fourth-order valence-electron chi connectivity index (χ4n) is 5.57. The molecule has 0 saturated carbocycles. The first-order valence-corrected chi connectivity index (χ1v) is 14.3. The number of furan rings is 1. The van der Waals surface area contributed by atoms with Gasteiger partial charge in [0.25, 0.3) is 0 Å². The molecule has 0 N–H and O–H groups in total. The molecule has 0 fully saturated rings. The standard InChI is InChI=1S/C39H25N3O/c1-2-9-27(10-3-1)35-25-36(42-39(41-35)31-12-8-11-30(23-31)34-14-6-7-22-40-34)28-18-16-26(17-19-28)29-20-21-38-33(24-29)32-13-4-5-15-37(32)43-38/h1-25H. The Morgan fingerprint density at radius 3 is 1.84 bits per heavy atom. The Morgan fingerprint density at radius 1 is 0.372 bits per heavy atom. The van der Waals surface area contributed by atoms with Crippen LogP contribution in [0, 0.1) is 0 Å². The van der Waals surface area contributed by atoms with Gasteiger partial charge in [-0.15, -0.1) is 0 Å². The van der Waals surface area contributed by atoms with E-state index in [9.17, 15) is 0 Å². The predicted molar refractivity (Wildman–Crippen MR) is 174 cm³/mol. The average molecular weight is 552 g/mol. The summed E-state index contributed by atoms with van der Waals surface area (Å²) in [4.78, 5) is 14.6. The number of pyridine rings is 1. The Morgan fingerprint density at radius 2 is 1.02 bits per heavy atom. The van der Waals surface area contributed by atoms with Gasteiger partial charge in [0.1, 0.15) is 11.2 Å². The van der Waals surface area contributed by atoms with Gasteiger partial charge in [0.15, 0.2) is 5.82 Å². The molecule has 0 radical (unpaired) electrons. The zero-order valence-corrected chi connectivity index (χ0v) is 23.2. The van der Waals surface area contributed by atoms with Crippen molar-refractivity contribution < 1.29 is 4.42 Å². The molecule has 0 saturated heterocycles. The number of benzene rings is 5. The molecule has 8 rings (SSSR count). The number of nitrogens with zero attached hydrogens (tertiary/aromatic N) is 3. The molecule has 5 aromatic carbocycles. The Hall–Kier alpha value is -5.87. The van der Waals surface area contributed by atoms with Crippen LogP contribution in [0.3, 0.4) is 0 Å². The maximum atomic E-state index is 6.03. The van der Waals surface area contributed by atoms with Crippen molar-refractivity contribution in [2.45, 2.75) is 0 Å². The normalized spacial score (nSPS) is 11.3. The van der Waals surface area contributed by atoms with E-state index >= 15 is 0 Å². The second kappa shape index (κ2) is 10.5. The van der Waals surface area contributed by atoms with Crippen molar-refractivity contribution >= 4 is 21.9 Å². The third kappa shape index (κ3) is 4.75. The number of rotatable bonds is 5. The van der Waals surface area contributed by atoms with Gasteiger partial charge < -0.3 is 4.42 Å². The van der Waals surface area contributed by atoms with Crippen LogP contribution < -0.4 is 0 Å². The molecule has 3 aromatic heterocycles. The molecule has 0 aliphatic rings. The zero-order chi connectivity index (χ0) is 28.6. The van der Waals surface area contributed by atoms with Crippen LogP contribution in [0.25, 0.3) is 78.2 Å². The summed E-state index contributed by atoms with van der Waals surface area (Å²) < 4.78 is 6.03. The molecule has 0 unspecified atom stereocenters. The lowest BCUT2D eigenvalue weighted by Gasteiger charge is -2.11. The average Bonchev–Trinajstić information content (AvgIpc) is 3.47. The highest BCUT2D eigenvalue weighted by Crippen LogP contribution is 2.34. The Bertz CT molecular complexity index is 2220. The maximum absolute atomic E-state index is 6.03. The van der Waals surface area contributed by atoms with E-state index in [2.05, 4.69) is 89.9 Å². The van der Waals surface area contributed by atoms with E-state index in [0.29, 0.717) is 5.82 Å². The summed E-state index contributed by atoms with van der Waals surface area (Å²) in [6.45, 7) is 0. The van der Waals surface area contributed by atoms with Crippen LogP contribution in [-0.2, 0) is 0 Å². The molecular weight excluding hydrogens is 526 g/mol. The summed E-state index contributed by atoms with van der Waals surface area (Å²) in [7, 11) is 0. The van der Waals surface area contributed by atoms with E-state index in [1.165, 1.54) is 0 Å². The Kier molecular flexibility index (Phi) is 6.08. The van der Waals surface area contributed by atoms with Crippen molar-refractivity contribution in [3.63, 3.8) is 0 Å². The summed E-state index contributed by atoms with van der Waals surface area (Å²) >= 11 is 0. The minimum absolute atomic E-state index is 0.676. The first-order valence-electron chi connectivity index (χ1n) is 14.3. The van der Waals surface area contributed by atoms with Gasteiger partial charge in [-0.2, -0.15) is 0 Å². The van der Waals surface area contributed by atoms with Crippen molar-refractivity contribution in [2.75, 3.05) is 0 Å². The smallest absolute Gasteiger partial charge is 0.160 e. The van der Waals surface area contributed by atoms with Gasteiger partial charge in [0.2, 0.25) is 0 Å². The van der Waals surface area contributed by atoms with E-state index in [-0.39, 0.29) is 0 Å². The number of fused-ring (bicyclic) bond motifs is 3. The highest BCUT2D eigenvalue weighted by atomic mass is 16.3. The van der Waals surface area contributed by atoms with E-state index < -0.39 is 0 Å². The van der Waals surface area contributed by atoms with Crippen LogP contribution in [0.5, 0.6) is 0 Å². The molecule has 0 aliphatic heterocycles. The molecule has 0 atom stereocenters. The van der Waals surface area contributed by atoms with Crippen molar-refractivity contribution in [2.24, 2.45) is 0 Å². The van der Waals surface area contributed by atoms with Crippen LogP contribution in [-0.4, -0.2) is 15.0 Å². The second-order valence-corrected chi connectivity index (χ2v) is 10.5. The molecule has 0 spiro atoms. The summed E-state index contributed by atoms with van der Waals surface area (Å²) in [5.74, 6) is 0.676. The van der Waals surface area contributed by atoms with E-state index in [1.54, 1.807) is 0 Å². The summed E-state index contributed by atoms with van der Waals surface area (Å²) in [5.41, 5.74) is 10.8. The second-order valence-electron chi connectivity index (χ2n) is 10.5. The van der Waals surface area contributed by atoms with Gasteiger partial charge in [-0.1, -0.05) is 103 Å². The molecule has 0 aliphatic carbocycles. The van der Waals surface area contributed by atoms with Crippen LogP contribution in [0.4, 0.5) is 0 Å². The van der Waals surface area contributed by atoms with Crippen molar-refractivity contribution in [1.82, 2.24) is 15.0 Å². The summed E-state index contributed by atoms with van der Waals surface area (Å²) in [6.07, 6.45) is 1.81. The minimum atomic E-state index is 0.676. The lowest BCUT2D eigenvalue weighted by atomic mass is 10.00. The topological polar surface area (TPSA) is 51.8 Å². The Balaban J connectivity index is 1.20. The van der Waals surface area contributed by atoms with Gasteiger partial charge in [-0.3, -0.25) is 4.98 Å². The van der Waals surface area contributed by atoms with Gasteiger partial charge in [-0.05, 0) is 53.6 Å². The first kappa shape index (κ1) is 24.9. The predicted octanol–water partition coefficient (Wildman–Crippen LogP) is 10.1. The SMILES string of the molecule is c1ccc(-c2cc(-c3ccc(-c4ccc5oc6ccccc6c5c4)cc3)nc(-c3cccc(-c4ccccn4)c3)n2)cc1. The molecular formula is C39H25N3O. The third-order valence-corrected chi connectivity index (χ3v) is 7.77. The van der Waals surface area contributed by atoms with E-state index in [0.717, 1.165) is 72.4 Å². The Labute approximate surface area is 249 Å². The molecule has 4 heteroatoms. The van der Waals surface area contributed by atoms with Crippen molar-refractivity contribution in [3.8, 4) is 56.3 Å². The van der Waals surface area contributed by atoms with E-state index in [1.807, 2.05) is 66.9 Å². The molecule has 3 heterocycles. The molecule has 0 bridgehead atoms. The largest absolute Gasteiger partial charge is 0.456 e. The lowest BCUT2D eigenvalue weighted by molar-refractivity contribution is 0.669. The highest BCUT2D eigenvalue weighted by molar-refractivity contribution is 6.06. The van der Waals surface area contributed by atoms with Gasteiger partial charge >= 0.3 is 0 Å². The molecule has 202 valence electrons. The first-order chi connectivity index (χ1) is 21.3. The molecule has 4 nitrogen and oxygen atoms in total. The number of hydrogen-bond acceptors (Lipinski definition) is 4. The van der Waals surface area contributed by atoms with Crippen LogP contribution in [0.15, 0.2) is 156 Å². The molecule has 0 amide bonds. The maximum Gasteiger partial charge on any atom is 0.160 e. The number of hydrogen-bond donors (Lipinski definition) is 0. The van der Waals surface area contributed by atoms with Crippen molar-refractivity contribution in [1.29, 1.82) is 0 Å². The van der Waals surface area contributed by atoms with Gasteiger partial charge in [0, 0.05) is 39.2 Å². The molecule has 8 aromatic rings. The monoisotopic (exact) mass is 551 g/mol. The van der Waals surface area contributed by atoms with Crippen LogP contribution in [0.2, 0.25) is 0 Å². The zero-order valence-electron chi connectivity index (χ0n) is 23.2. The number of aromatic nitrogens is 3. The van der Waals surface area contributed by atoms with E-state index in [4.69, 9.17) is 14.4 Å². The van der Waals surface area contributed by atoms with Gasteiger partial charge in [-0.25, -0.2) is 9.97 Å². The summed E-state index contributed by atoms with van der Waals surface area (Å²) in [6, 6.07) is 49.7. The van der Waals surface area contributed by atoms with Gasteiger partial charge in [0.05, 0.1) is 17.1 Å².